The zero-order valence-electron chi connectivity index (χ0n) is 17.8. The first kappa shape index (κ1) is 24.8. The third-order valence-electron chi connectivity index (χ3n) is 5.57. The van der Waals surface area contributed by atoms with Crippen LogP contribution < -0.4 is 15.8 Å². The number of pyridine rings is 1. The molecule has 0 bridgehead atoms. The van der Waals surface area contributed by atoms with Gasteiger partial charge in [0.05, 0.1) is 12.1 Å². The molecule has 1 atom stereocenters. The van der Waals surface area contributed by atoms with Gasteiger partial charge in [0, 0.05) is 25.2 Å². The zero-order valence-corrected chi connectivity index (χ0v) is 19.4. The highest BCUT2D eigenvalue weighted by molar-refractivity contribution is 7.92. The fourth-order valence-electron chi connectivity index (χ4n) is 3.99. The van der Waals surface area contributed by atoms with Crippen LogP contribution in [0.3, 0.4) is 0 Å². The molecule has 35 heavy (non-hydrogen) atoms. The Bertz CT molecular complexity index is 1590. The van der Waals surface area contributed by atoms with Crippen molar-refractivity contribution in [1.29, 1.82) is 0 Å². The average molecular weight is 527 g/mol. The lowest BCUT2D eigenvalue weighted by Gasteiger charge is -2.23. The van der Waals surface area contributed by atoms with E-state index in [0.717, 1.165) is 22.8 Å². The number of sulfonamides is 1. The van der Waals surface area contributed by atoms with Crippen LogP contribution in [0.2, 0.25) is 0 Å². The van der Waals surface area contributed by atoms with E-state index in [1.165, 1.54) is 12.1 Å². The van der Waals surface area contributed by atoms with Crippen molar-refractivity contribution in [3.8, 4) is 0 Å². The molecule has 2 N–H and O–H groups in total. The third-order valence-corrected chi connectivity index (χ3v) is 6.94. The first-order valence-electron chi connectivity index (χ1n) is 10.2. The van der Waals surface area contributed by atoms with E-state index in [0.29, 0.717) is 23.2 Å². The van der Waals surface area contributed by atoms with Gasteiger partial charge >= 0.3 is 5.76 Å². The van der Waals surface area contributed by atoms with Crippen LogP contribution in [0.15, 0.2) is 62.6 Å². The molecular formula is C22H18ClF3N4O4S. The van der Waals surface area contributed by atoms with Crippen molar-refractivity contribution in [2.45, 2.75) is 24.2 Å². The van der Waals surface area contributed by atoms with E-state index in [2.05, 4.69) is 10.3 Å². The van der Waals surface area contributed by atoms with Crippen LogP contribution in [0.1, 0.15) is 22.9 Å². The second-order valence-corrected chi connectivity index (χ2v) is 9.39. The minimum Gasteiger partial charge on any atom is -0.408 e. The lowest BCUT2D eigenvalue weighted by molar-refractivity contribution is 0.309. The smallest absolute Gasteiger partial charge is 0.408 e. The van der Waals surface area contributed by atoms with Crippen molar-refractivity contribution >= 4 is 39.3 Å². The van der Waals surface area contributed by atoms with Gasteiger partial charge in [-0.05, 0) is 28.8 Å². The summed E-state index contributed by atoms with van der Waals surface area (Å²) in [5, 5.41) is 2.97. The number of halogens is 4. The van der Waals surface area contributed by atoms with E-state index in [-0.39, 0.29) is 42.4 Å². The Morgan fingerprint density at radius 3 is 2.71 bits per heavy atom. The first-order chi connectivity index (χ1) is 16.2. The number of anilines is 1. The third kappa shape index (κ3) is 4.64. The van der Waals surface area contributed by atoms with Crippen molar-refractivity contribution in [1.82, 2.24) is 14.9 Å². The summed E-state index contributed by atoms with van der Waals surface area (Å²) in [6.07, 6.45) is -1.19. The Hall–Kier alpha value is -3.35. The highest BCUT2D eigenvalue weighted by atomic mass is 35.5. The molecule has 0 saturated heterocycles. The molecule has 3 heterocycles. The minimum absolute atomic E-state index is 0. The van der Waals surface area contributed by atoms with E-state index in [9.17, 15) is 26.4 Å². The Balaban J connectivity index is 0.00000289. The van der Waals surface area contributed by atoms with Crippen LogP contribution in [-0.4, -0.2) is 24.5 Å². The number of aromatic nitrogens is 2. The standard InChI is InChI=1S/C22H17F3N4O4S.ClH/c23-15-7-17-18(8-19(15)34(31,32)28-21-6-2-5-20(25)27-21)33-22(30)29(17)11-12-3-1-4-13-14(12)9-26-10-16(13)24;/h1-8,16,26H,9-11H2,(H,27,28);1H. The van der Waals surface area contributed by atoms with Gasteiger partial charge in [-0.25, -0.2) is 27.0 Å². The monoisotopic (exact) mass is 526 g/mol. The molecule has 1 aliphatic heterocycles. The molecular weight excluding hydrogens is 509 g/mol. The predicted octanol–water partition coefficient (Wildman–Crippen LogP) is 3.65. The van der Waals surface area contributed by atoms with Crippen LogP contribution in [0.25, 0.3) is 11.1 Å². The summed E-state index contributed by atoms with van der Waals surface area (Å²) >= 11 is 0. The summed E-state index contributed by atoms with van der Waals surface area (Å²) in [5.74, 6) is -3.24. The molecule has 8 nitrogen and oxygen atoms in total. The first-order valence-corrected chi connectivity index (χ1v) is 11.6. The van der Waals surface area contributed by atoms with Gasteiger partial charge in [-0.2, -0.15) is 4.39 Å². The highest BCUT2D eigenvalue weighted by Crippen LogP contribution is 2.29. The van der Waals surface area contributed by atoms with Gasteiger partial charge in [0.2, 0.25) is 5.95 Å². The number of hydrogen-bond donors (Lipinski definition) is 2. The molecule has 0 spiro atoms. The van der Waals surface area contributed by atoms with E-state index in [1.807, 2.05) is 4.72 Å². The largest absolute Gasteiger partial charge is 0.420 e. The highest BCUT2D eigenvalue weighted by Gasteiger charge is 2.25. The number of benzene rings is 2. The molecule has 0 saturated carbocycles. The van der Waals surface area contributed by atoms with E-state index in [1.54, 1.807) is 18.2 Å². The molecule has 1 unspecified atom stereocenters. The summed E-state index contributed by atoms with van der Waals surface area (Å²) in [5.41, 5.74) is 1.74. The molecule has 184 valence electrons. The van der Waals surface area contributed by atoms with Gasteiger partial charge < -0.3 is 9.73 Å². The lowest BCUT2D eigenvalue weighted by Crippen LogP contribution is -2.28. The van der Waals surface area contributed by atoms with Crippen LogP contribution in [0, 0.1) is 11.8 Å². The molecule has 1 aliphatic rings. The number of oxazole rings is 1. The Labute approximate surface area is 203 Å². The van der Waals surface area contributed by atoms with Gasteiger partial charge in [0.25, 0.3) is 10.0 Å². The molecule has 5 rings (SSSR count). The molecule has 0 radical (unpaired) electrons. The van der Waals surface area contributed by atoms with Gasteiger partial charge in [-0.15, -0.1) is 12.4 Å². The van der Waals surface area contributed by atoms with E-state index < -0.39 is 38.6 Å². The summed E-state index contributed by atoms with van der Waals surface area (Å²) < 4.78 is 76.1. The van der Waals surface area contributed by atoms with Crippen LogP contribution in [0.5, 0.6) is 0 Å². The molecule has 2 aromatic carbocycles. The summed E-state index contributed by atoms with van der Waals surface area (Å²) in [4.78, 5) is 15.1. The molecule has 13 heteroatoms. The number of alkyl halides is 1. The Morgan fingerprint density at radius 2 is 1.94 bits per heavy atom. The topological polar surface area (TPSA) is 106 Å². The molecule has 2 aromatic heterocycles. The van der Waals surface area contributed by atoms with Gasteiger partial charge in [-0.3, -0.25) is 9.29 Å². The fourth-order valence-corrected chi connectivity index (χ4v) is 5.07. The quantitative estimate of drug-likeness (QED) is 0.385. The van der Waals surface area contributed by atoms with Crippen molar-refractivity contribution in [3.05, 3.63) is 87.5 Å². The van der Waals surface area contributed by atoms with Crippen LogP contribution >= 0.6 is 12.4 Å². The minimum atomic E-state index is -4.51. The summed E-state index contributed by atoms with van der Waals surface area (Å²) in [6, 6.07) is 10.3. The fraction of sp³-hybridized carbons (Fsp3) is 0.182. The number of hydrogen-bond acceptors (Lipinski definition) is 6. The number of fused-ring (bicyclic) bond motifs is 2. The van der Waals surface area contributed by atoms with Crippen LogP contribution in [0.4, 0.5) is 19.0 Å². The van der Waals surface area contributed by atoms with Crippen molar-refractivity contribution in [3.63, 3.8) is 0 Å². The van der Waals surface area contributed by atoms with Gasteiger partial charge in [0.15, 0.2) is 5.58 Å². The summed E-state index contributed by atoms with van der Waals surface area (Å²) in [7, 11) is -4.51. The molecule has 4 aromatic rings. The van der Waals surface area contributed by atoms with Crippen molar-refractivity contribution in [2.75, 3.05) is 11.3 Å². The Morgan fingerprint density at radius 1 is 1.17 bits per heavy atom. The summed E-state index contributed by atoms with van der Waals surface area (Å²) in [6.45, 7) is 0.570. The average Bonchev–Trinajstić information content (AvgIpc) is 3.08. The van der Waals surface area contributed by atoms with Crippen molar-refractivity contribution < 1.29 is 26.0 Å². The number of nitrogens with zero attached hydrogens (tertiary/aromatic N) is 2. The second-order valence-electron chi connectivity index (χ2n) is 7.74. The van der Waals surface area contributed by atoms with Crippen molar-refractivity contribution in [2.24, 2.45) is 0 Å². The number of nitrogens with one attached hydrogen (secondary N) is 2. The normalized spacial score (nSPS) is 15.5. The zero-order chi connectivity index (χ0) is 24.0. The molecule has 0 aliphatic carbocycles. The predicted molar refractivity (Wildman–Crippen MR) is 124 cm³/mol. The van der Waals surface area contributed by atoms with Gasteiger partial charge in [-0.1, -0.05) is 24.3 Å². The van der Waals surface area contributed by atoms with Crippen LogP contribution in [-0.2, 0) is 23.1 Å². The maximum Gasteiger partial charge on any atom is 0.420 e. The maximum absolute atomic E-state index is 14.9. The Kier molecular flexibility index (Phi) is 6.62. The molecule has 0 amide bonds. The second kappa shape index (κ2) is 9.36. The van der Waals surface area contributed by atoms with E-state index in [4.69, 9.17) is 4.42 Å². The molecule has 0 fully saturated rings. The maximum atomic E-state index is 14.9. The lowest BCUT2D eigenvalue weighted by atomic mass is 9.94. The number of rotatable bonds is 5. The van der Waals surface area contributed by atoms with Gasteiger partial charge in [0.1, 0.15) is 22.7 Å². The van der Waals surface area contributed by atoms with E-state index >= 15 is 0 Å². The SMILES string of the molecule is Cl.O=c1oc2cc(S(=O)(=O)Nc3cccc(F)n3)c(F)cc2n1Cc1cccc2c1CNCC2F.